The Labute approximate surface area is 172 Å². The molecule has 0 saturated heterocycles. The molecule has 158 valence electrons. The Morgan fingerprint density at radius 2 is 1.87 bits per heavy atom. The Hall–Kier alpha value is -3.62. The normalized spacial score (nSPS) is 11.0. The van der Waals surface area contributed by atoms with Gasteiger partial charge in [-0.3, -0.25) is 14.3 Å². The van der Waals surface area contributed by atoms with E-state index in [0.717, 1.165) is 0 Å². The molecule has 0 fully saturated rings. The maximum Gasteiger partial charge on any atom is 0.338 e. The summed E-state index contributed by atoms with van der Waals surface area (Å²) in [7, 11) is 4.25. The molecular formula is C21H23N3O6. The van der Waals surface area contributed by atoms with E-state index in [0.29, 0.717) is 29.3 Å². The molecule has 0 bridgehead atoms. The van der Waals surface area contributed by atoms with Gasteiger partial charge < -0.3 is 14.2 Å². The van der Waals surface area contributed by atoms with Gasteiger partial charge in [0.15, 0.2) is 5.65 Å². The summed E-state index contributed by atoms with van der Waals surface area (Å²) in [6, 6.07) is 6.58. The summed E-state index contributed by atoms with van der Waals surface area (Å²) in [5.41, 5.74) is -0.332. The summed E-state index contributed by atoms with van der Waals surface area (Å²) < 4.78 is 17.0. The van der Waals surface area contributed by atoms with Gasteiger partial charge in [0, 0.05) is 12.1 Å². The first-order chi connectivity index (χ1) is 14.3. The van der Waals surface area contributed by atoms with Gasteiger partial charge in [0.05, 0.1) is 38.0 Å². The molecule has 2 aromatic heterocycles. The number of benzene rings is 1. The van der Waals surface area contributed by atoms with Crippen LogP contribution in [-0.2, 0) is 11.3 Å². The fourth-order valence-electron chi connectivity index (χ4n) is 3.23. The molecule has 2 heterocycles. The lowest BCUT2D eigenvalue weighted by Crippen LogP contribution is -2.33. The highest BCUT2D eigenvalue weighted by atomic mass is 16.5. The van der Waals surface area contributed by atoms with Gasteiger partial charge >= 0.3 is 11.7 Å². The van der Waals surface area contributed by atoms with Crippen molar-refractivity contribution in [2.45, 2.75) is 20.4 Å². The number of fused-ring (bicyclic) bond motifs is 1. The van der Waals surface area contributed by atoms with E-state index < -0.39 is 17.2 Å². The number of aromatic nitrogens is 3. The molecule has 1 N–H and O–H groups in total. The lowest BCUT2D eigenvalue weighted by Gasteiger charge is -2.15. The number of nitrogens with one attached hydrogen (secondary N) is 1. The van der Waals surface area contributed by atoms with Crippen LogP contribution in [0.1, 0.15) is 24.2 Å². The standard InChI is InChI=1S/C21H23N3O6/c1-11(2)10-24-18-17(19(25)23-21(24)27)14(20(26)30-5)9-15(22-18)13-8-12(28-3)6-7-16(13)29-4/h6-9,11H,10H2,1-5H3,(H,23,25,27). The molecule has 1 aromatic carbocycles. The summed E-state index contributed by atoms with van der Waals surface area (Å²) >= 11 is 0. The van der Waals surface area contributed by atoms with Gasteiger partial charge in [-0.25, -0.2) is 14.6 Å². The molecule has 3 rings (SSSR count). The number of hydrogen-bond donors (Lipinski definition) is 1. The number of carbonyl (C=O) groups excluding carboxylic acids is 1. The van der Waals surface area contributed by atoms with Crippen molar-refractivity contribution in [1.82, 2.24) is 14.5 Å². The van der Waals surface area contributed by atoms with Crippen molar-refractivity contribution in [1.29, 1.82) is 0 Å². The zero-order chi connectivity index (χ0) is 22.0. The van der Waals surface area contributed by atoms with E-state index in [1.165, 1.54) is 32.0 Å². The van der Waals surface area contributed by atoms with Crippen molar-refractivity contribution >= 4 is 17.0 Å². The van der Waals surface area contributed by atoms with E-state index in [2.05, 4.69) is 9.97 Å². The fourth-order valence-corrected chi connectivity index (χ4v) is 3.23. The van der Waals surface area contributed by atoms with Crippen LogP contribution in [0.15, 0.2) is 33.9 Å². The first kappa shape index (κ1) is 21.1. The minimum absolute atomic E-state index is 0.00105. The van der Waals surface area contributed by atoms with Crippen LogP contribution in [0.25, 0.3) is 22.3 Å². The number of rotatable bonds is 6. The maximum absolute atomic E-state index is 12.6. The van der Waals surface area contributed by atoms with E-state index in [1.807, 2.05) is 13.8 Å². The third kappa shape index (κ3) is 3.78. The van der Waals surface area contributed by atoms with Crippen LogP contribution in [0.2, 0.25) is 0 Å². The van der Waals surface area contributed by atoms with Crippen LogP contribution in [0, 0.1) is 5.92 Å². The van der Waals surface area contributed by atoms with Gasteiger partial charge in [-0.1, -0.05) is 13.8 Å². The van der Waals surface area contributed by atoms with E-state index in [9.17, 15) is 14.4 Å². The Morgan fingerprint density at radius 1 is 1.13 bits per heavy atom. The molecule has 0 aliphatic rings. The van der Waals surface area contributed by atoms with Gasteiger partial charge in [0.25, 0.3) is 5.56 Å². The van der Waals surface area contributed by atoms with Crippen LogP contribution in [0.5, 0.6) is 11.5 Å². The van der Waals surface area contributed by atoms with Crippen LogP contribution < -0.4 is 20.7 Å². The number of methoxy groups -OCH3 is 3. The first-order valence-electron chi connectivity index (χ1n) is 9.29. The fraction of sp³-hybridized carbons (Fsp3) is 0.333. The van der Waals surface area contributed by atoms with Crippen molar-refractivity contribution in [3.8, 4) is 22.8 Å². The van der Waals surface area contributed by atoms with Crippen molar-refractivity contribution in [3.05, 3.63) is 50.7 Å². The highest BCUT2D eigenvalue weighted by Gasteiger charge is 2.22. The Balaban J connectivity index is 2.48. The molecule has 0 unspecified atom stereocenters. The van der Waals surface area contributed by atoms with Gasteiger partial charge in [-0.05, 0) is 30.2 Å². The number of aromatic amines is 1. The smallest absolute Gasteiger partial charge is 0.338 e. The number of ether oxygens (including phenoxy) is 3. The average Bonchev–Trinajstić information content (AvgIpc) is 2.74. The summed E-state index contributed by atoms with van der Waals surface area (Å²) in [5, 5.41) is -0.00675. The molecule has 30 heavy (non-hydrogen) atoms. The zero-order valence-corrected chi connectivity index (χ0v) is 17.4. The number of carbonyl (C=O) groups is 1. The number of hydrogen-bond acceptors (Lipinski definition) is 7. The predicted octanol–water partition coefficient (Wildman–Crippen LogP) is 2.21. The van der Waals surface area contributed by atoms with Crippen LogP contribution in [-0.4, -0.2) is 41.8 Å². The van der Waals surface area contributed by atoms with Gasteiger partial charge in [0.2, 0.25) is 0 Å². The van der Waals surface area contributed by atoms with Crippen molar-refractivity contribution in [2.24, 2.45) is 5.92 Å². The molecule has 0 aliphatic heterocycles. The SMILES string of the molecule is COC(=O)c1cc(-c2cc(OC)ccc2OC)nc2c1c(=O)[nH]c(=O)n2CC(C)C. The number of pyridine rings is 1. The molecule has 9 heteroatoms. The van der Waals surface area contributed by atoms with E-state index in [4.69, 9.17) is 14.2 Å². The van der Waals surface area contributed by atoms with Gasteiger partial charge in [-0.2, -0.15) is 0 Å². The van der Waals surface area contributed by atoms with E-state index >= 15 is 0 Å². The minimum atomic E-state index is -0.717. The molecule has 0 aliphatic carbocycles. The van der Waals surface area contributed by atoms with Crippen molar-refractivity contribution < 1.29 is 19.0 Å². The number of esters is 1. The summed E-state index contributed by atoms with van der Waals surface area (Å²) in [6.07, 6.45) is 0. The number of nitrogens with zero attached hydrogens (tertiary/aromatic N) is 2. The first-order valence-corrected chi connectivity index (χ1v) is 9.29. The third-order valence-corrected chi connectivity index (χ3v) is 4.58. The Morgan fingerprint density at radius 3 is 2.47 bits per heavy atom. The molecule has 3 aromatic rings. The third-order valence-electron chi connectivity index (χ3n) is 4.58. The minimum Gasteiger partial charge on any atom is -0.497 e. The molecule has 0 radical (unpaired) electrons. The van der Waals surface area contributed by atoms with Crippen LogP contribution in [0.3, 0.4) is 0 Å². The number of H-pyrrole nitrogens is 1. The molecule has 0 atom stereocenters. The average molecular weight is 413 g/mol. The molecular weight excluding hydrogens is 390 g/mol. The summed E-state index contributed by atoms with van der Waals surface area (Å²) in [4.78, 5) is 44.5. The summed E-state index contributed by atoms with van der Waals surface area (Å²) in [5.74, 6) is 0.416. The highest BCUT2D eigenvalue weighted by molar-refractivity contribution is 6.03. The van der Waals surface area contributed by atoms with Gasteiger partial charge in [0.1, 0.15) is 11.5 Å². The Bertz CT molecular complexity index is 1230. The van der Waals surface area contributed by atoms with E-state index in [1.54, 1.807) is 18.2 Å². The van der Waals surface area contributed by atoms with Crippen LogP contribution in [0.4, 0.5) is 0 Å². The lowest BCUT2D eigenvalue weighted by molar-refractivity contribution is 0.0603. The van der Waals surface area contributed by atoms with Crippen LogP contribution >= 0.6 is 0 Å². The van der Waals surface area contributed by atoms with E-state index in [-0.39, 0.29) is 22.5 Å². The zero-order valence-electron chi connectivity index (χ0n) is 17.4. The Kier molecular flexibility index (Phi) is 5.91. The van der Waals surface area contributed by atoms with Crippen molar-refractivity contribution in [2.75, 3.05) is 21.3 Å². The monoisotopic (exact) mass is 413 g/mol. The second kappa shape index (κ2) is 8.40. The molecule has 0 spiro atoms. The lowest BCUT2D eigenvalue weighted by atomic mass is 10.0. The van der Waals surface area contributed by atoms with Crippen molar-refractivity contribution in [3.63, 3.8) is 0 Å². The maximum atomic E-state index is 12.6. The highest BCUT2D eigenvalue weighted by Crippen LogP contribution is 2.34. The quantitative estimate of drug-likeness (QED) is 0.617. The molecule has 9 nitrogen and oxygen atoms in total. The topological polar surface area (TPSA) is 113 Å². The second-order valence-corrected chi connectivity index (χ2v) is 7.08. The molecule has 0 saturated carbocycles. The predicted molar refractivity (Wildman–Crippen MR) is 111 cm³/mol. The summed E-state index contributed by atoms with van der Waals surface area (Å²) in [6.45, 7) is 4.16. The second-order valence-electron chi connectivity index (χ2n) is 7.08. The largest absolute Gasteiger partial charge is 0.497 e. The molecule has 0 amide bonds. The van der Waals surface area contributed by atoms with Gasteiger partial charge in [-0.15, -0.1) is 0 Å².